The van der Waals surface area contributed by atoms with E-state index in [4.69, 9.17) is 0 Å². The summed E-state index contributed by atoms with van der Waals surface area (Å²) >= 11 is 1.74. The molecule has 2 nitrogen and oxygen atoms in total. The Morgan fingerprint density at radius 1 is 1.31 bits per heavy atom. The molecule has 0 atom stereocenters. The average molecular weight is 191 g/mol. The molecule has 0 amide bonds. The number of fused-ring (bicyclic) bond motifs is 1. The van der Waals surface area contributed by atoms with Crippen LogP contribution in [-0.2, 0) is 6.42 Å². The van der Waals surface area contributed by atoms with Gasteiger partial charge in [0.2, 0.25) is 0 Å². The summed E-state index contributed by atoms with van der Waals surface area (Å²) in [5, 5.41) is 4.12. The predicted octanol–water partition coefficient (Wildman–Crippen LogP) is 3.21. The number of nitrogens with zero attached hydrogens (tertiary/aromatic N) is 1. The molecule has 2 aromatic rings. The van der Waals surface area contributed by atoms with Gasteiger partial charge in [0.25, 0.3) is 0 Å². The molecule has 0 aliphatic rings. The molecule has 2 rings (SSSR count). The first-order valence-electron chi connectivity index (χ1n) is 4.17. The van der Waals surface area contributed by atoms with Crippen molar-refractivity contribution < 1.29 is 0 Å². The fourth-order valence-corrected chi connectivity index (χ4v) is 2.37. The van der Waals surface area contributed by atoms with E-state index in [1.54, 1.807) is 11.3 Å². The fraction of sp³-hybridized carbons (Fsp3) is 0.200. The molecule has 0 saturated carbocycles. The zero-order valence-corrected chi connectivity index (χ0v) is 7.88. The van der Waals surface area contributed by atoms with Crippen LogP contribution in [0.5, 0.6) is 0 Å². The van der Waals surface area contributed by atoms with Gasteiger partial charge in [0.1, 0.15) is 0 Å². The molecule has 1 heterocycles. The Labute approximate surface area is 80.2 Å². The van der Waals surface area contributed by atoms with Crippen molar-refractivity contribution in [3.63, 3.8) is 0 Å². The van der Waals surface area contributed by atoms with Gasteiger partial charge in [-0.25, -0.2) is 0 Å². The summed E-state index contributed by atoms with van der Waals surface area (Å²) in [5.41, 5.74) is 0. The van der Waals surface area contributed by atoms with Crippen LogP contribution in [0.25, 0.3) is 10.1 Å². The van der Waals surface area contributed by atoms with Gasteiger partial charge in [-0.1, -0.05) is 23.4 Å². The summed E-state index contributed by atoms with van der Waals surface area (Å²) in [6.07, 6.45) is 0.767. The summed E-state index contributed by atoms with van der Waals surface area (Å²) in [6.45, 7) is 0.382. The SMILES string of the molecule is O=NCCc1cc2ccccc2s1. The van der Waals surface area contributed by atoms with Crippen LogP contribution < -0.4 is 0 Å². The van der Waals surface area contributed by atoms with E-state index in [2.05, 4.69) is 23.4 Å². The quantitative estimate of drug-likeness (QED) is 0.685. The molecule has 0 N–H and O–H groups in total. The first kappa shape index (κ1) is 8.38. The van der Waals surface area contributed by atoms with Crippen LogP contribution in [0, 0.1) is 4.91 Å². The standard InChI is InChI=1S/C10H9NOS/c12-11-6-5-9-7-8-3-1-2-4-10(8)13-9/h1-4,7H,5-6H2. The van der Waals surface area contributed by atoms with Gasteiger partial charge < -0.3 is 0 Å². The summed E-state index contributed by atoms with van der Waals surface area (Å²) in [7, 11) is 0. The molecule has 1 aromatic heterocycles. The second-order valence-electron chi connectivity index (χ2n) is 2.85. The van der Waals surface area contributed by atoms with E-state index >= 15 is 0 Å². The first-order valence-corrected chi connectivity index (χ1v) is 4.98. The third kappa shape index (κ3) is 1.75. The highest BCUT2D eigenvalue weighted by molar-refractivity contribution is 7.19. The van der Waals surface area contributed by atoms with Crippen molar-refractivity contribution in [2.75, 3.05) is 6.54 Å². The maximum atomic E-state index is 9.95. The van der Waals surface area contributed by atoms with Crippen molar-refractivity contribution in [1.29, 1.82) is 0 Å². The lowest BCUT2D eigenvalue weighted by Gasteiger charge is -1.85. The van der Waals surface area contributed by atoms with Crippen LogP contribution in [0.1, 0.15) is 4.88 Å². The summed E-state index contributed by atoms with van der Waals surface area (Å²) in [6, 6.07) is 10.4. The molecule has 0 spiro atoms. The molecule has 0 fully saturated rings. The van der Waals surface area contributed by atoms with Gasteiger partial charge in [-0.3, -0.25) is 0 Å². The van der Waals surface area contributed by atoms with Gasteiger partial charge >= 0.3 is 0 Å². The van der Waals surface area contributed by atoms with E-state index in [0.29, 0.717) is 6.54 Å². The van der Waals surface area contributed by atoms with Crippen LogP contribution >= 0.6 is 11.3 Å². The normalized spacial score (nSPS) is 10.5. The van der Waals surface area contributed by atoms with Gasteiger partial charge in [0.15, 0.2) is 0 Å². The molecule has 0 bridgehead atoms. The monoisotopic (exact) mass is 191 g/mol. The Morgan fingerprint density at radius 2 is 2.15 bits per heavy atom. The van der Waals surface area contributed by atoms with Crippen LogP contribution in [0.15, 0.2) is 35.5 Å². The molecular weight excluding hydrogens is 182 g/mol. The third-order valence-electron chi connectivity index (χ3n) is 1.93. The van der Waals surface area contributed by atoms with Crippen LogP contribution in [0.2, 0.25) is 0 Å². The lowest BCUT2D eigenvalue weighted by Crippen LogP contribution is -1.82. The zero-order chi connectivity index (χ0) is 9.10. The predicted molar refractivity (Wildman–Crippen MR) is 56.2 cm³/mol. The van der Waals surface area contributed by atoms with E-state index in [1.807, 2.05) is 12.1 Å². The Morgan fingerprint density at radius 3 is 2.92 bits per heavy atom. The summed E-state index contributed by atoms with van der Waals surface area (Å²) in [4.78, 5) is 11.2. The molecular formula is C10H9NOS. The lowest BCUT2D eigenvalue weighted by atomic mass is 10.2. The summed E-state index contributed by atoms with van der Waals surface area (Å²) < 4.78 is 1.28. The van der Waals surface area contributed by atoms with E-state index < -0.39 is 0 Å². The van der Waals surface area contributed by atoms with Crippen LogP contribution in [-0.4, -0.2) is 6.54 Å². The van der Waals surface area contributed by atoms with Gasteiger partial charge in [0.05, 0.1) is 6.54 Å². The van der Waals surface area contributed by atoms with E-state index in [1.165, 1.54) is 15.0 Å². The molecule has 3 heteroatoms. The fourth-order valence-electron chi connectivity index (χ4n) is 1.32. The second kappa shape index (κ2) is 3.66. The Hall–Kier alpha value is -1.22. The largest absolute Gasteiger partial charge is 0.151 e. The molecule has 13 heavy (non-hydrogen) atoms. The highest BCUT2D eigenvalue weighted by atomic mass is 32.1. The number of thiophene rings is 1. The zero-order valence-electron chi connectivity index (χ0n) is 7.06. The van der Waals surface area contributed by atoms with E-state index in [-0.39, 0.29) is 0 Å². The van der Waals surface area contributed by atoms with Crippen molar-refractivity contribution in [3.05, 3.63) is 40.1 Å². The van der Waals surface area contributed by atoms with Crippen molar-refractivity contribution in [2.24, 2.45) is 5.18 Å². The Balaban J connectivity index is 2.32. The molecule has 0 unspecified atom stereocenters. The maximum Gasteiger partial charge on any atom is 0.0859 e. The Bertz CT molecular complexity index is 389. The number of nitroso groups, excluding NO2 is 1. The minimum absolute atomic E-state index is 0.382. The van der Waals surface area contributed by atoms with Crippen molar-refractivity contribution in [2.45, 2.75) is 6.42 Å². The average Bonchev–Trinajstić information content (AvgIpc) is 2.57. The lowest BCUT2D eigenvalue weighted by molar-refractivity contribution is 0.980. The number of benzene rings is 1. The highest BCUT2D eigenvalue weighted by Crippen LogP contribution is 2.25. The van der Waals surface area contributed by atoms with E-state index in [0.717, 1.165) is 6.42 Å². The smallest absolute Gasteiger partial charge is 0.0859 e. The molecule has 66 valence electrons. The van der Waals surface area contributed by atoms with Crippen molar-refractivity contribution >= 4 is 21.4 Å². The van der Waals surface area contributed by atoms with Gasteiger partial charge in [-0.15, -0.1) is 11.3 Å². The Kier molecular flexibility index (Phi) is 2.36. The van der Waals surface area contributed by atoms with Crippen molar-refractivity contribution in [3.8, 4) is 0 Å². The minimum atomic E-state index is 0.382. The maximum absolute atomic E-state index is 9.95. The number of rotatable bonds is 3. The van der Waals surface area contributed by atoms with Crippen molar-refractivity contribution in [1.82, 2.24) is 0 Å². The third-order valence-corrected chi connectivity index (χ3v) is 3.10. The number of hydrogen-bond acceptors (Lipinski definition) is 3. The minimum Gasteiger partial charge on any atom is -0.151 e. The molecule has 1 aromatic carbocycles. The van der Waals surface area contributed by atoms with Crippen LogP contribution in [0.4, 0.5) is 0 Å². The topological polar surface area (TPSA) is 29.4 Å². The van der Waals surface area contributed by atoms with Gasteiger partial charge in [-0.2, -0.15) is 4.91 Å². The van der Waals surface area contributed by atoms with Crippen LogP contribution in [0.3, 0.4) is 0 Å². The number of hydrogen-bond donors (Lipinski definition) is 0. The molecule has 0 radical (unpaired) electrons. The highest BCUT2D eigenvalue weighted by Gasteiger charge is 1.99. The first-order chi connectivity index (χ1) is 6.40. The molecule has 0 aliphatic heterocycles. The molecule has 0 saturated heterocycles. The molecule has 0 aliphatic carbocycles. The van der Waals surface area contributed by atoms with E-state index in [9.17, 15) is 4.91 Å². The summed E-state index contributed by atoms with van der Waals surface area (Å²) in [5.74, 6) is 0. The van der Waals surface area contributed by atoms with Gasteiger partial charge in [-0.05, 0) is 17.5 Å². The van der Waals surface area contributed by atoms with Gasteiger partial charge in [0, 0.05) is 16.0 Å². The second-order valence-corrected chi connectivity index (χ2v) is 4.02.